The number of benzene rings is 2. The highest BCUT2D eigenvalue weighted by molar-refractivity contribution is 7.90. The molecule has 3 rings (SSSR count). The van der Waals surface area contributed by atoms with Crippen LogP contribution in [0.2, 0.25) is 0 Å². The molecule has 0 bridgehead atoms. The number of nitrogens with one attached hydrogen (secondary N) is 1. The van der Waals surface area contributed by atoms with Crippen molar-refractivity contribution < 1.29 is 18.6 Å². The van der Waals surface area contributed by atoms with Gasteiger partial charge in [0.25, 0.3) is 0 Å². The number of hydrogen-bond donors (Lipinski definition) is 3. The molecule has 2 atom stereocenters. The Hall–Kier alpha value is -2.09. The van der Waals surface area contributed by atoms with Gasteiger partial charge in [-0.2, -0.15) is 0 Å². The first-order valence-corrected chi connectivity index (χ1v) is 15.4. The molecule has 0 saturated carbocycles. The summed E-state index contributed by atoms with van der Waals surface area (Å²) in [4.78, 5) is 3.01. The summed E-state index contributed by atoms with van der Waals surface area (Å²) < 4.78 is 23.1. The predicted molar refractivity (Wildman–Crippen MR) is 147 cm³/mol. The summed E-state index contributed by atoms with van der Waals surface area (Å²) in [7, 11) is -3.13. The van der Waals surface area contributed by atoms with Gasteiger partial charge in [-0.3, -0.25) is 0 Å². The number of aromatic hydroxyl groups is 2. The molecule has 0 aromatic heterocycles. The minimum atomic E-state index is -3.13. The molecule has 1 aliphatic rings. The van der Waals surface area contributed by atoms with Gasteiger partial charge in [0.15, 0.2) is 21.3 Å². The maximum Gasteiger partial charge on any atom is 0.175 e. The van der Waals surface area contributed by atoms with Gasteiger partial charge >= 0.3 is 0 Å². The molecule has 6 nitrogen and oxygen atoms in total. The fourth-order valence-electron chi connectivity index (χ4n) is 5.45. The summed E-state index contributed by atoms with van der Waals surface area (Å²) >= 11 is 0. The zero-order valence-corrected chi connectivity index (χ0v) is 23.0. The summed E-state index contributed by atoms with van der Waals surface area (Å²) in [5.41, 5.74) is 3.26. The number of phenolic OH excluding ortho intramolecular Hbond substituents is 2. The standard InChI is InChI=1S/C29H44N2O4S/c1-4-18-31(25-20-22(2)28-24(21-25)11-14-27(32)29(28)33)19-8-6-5-7-16-30-17-15-23-9-12-26(13-10-23)36(3,34)35/h9-14,22,25,30,32-33H,4-8,15-21H2,1-3H3/t22?,25-/m0/s1. The van der Waals surface area contributed by atoms with Crippen LogP contribution in [0.3, 0.4) is 0 Å². The molecule has 200 valence electrons. The summed E-state index contributed by atoms with van der Waals surface area (Å²) in [6.07, 6.45) is 10.0. The van der Waals surface area contributed by atoms with Gasteiger partial charge in [0.05, 0.1) is 4.90 Å². The van der Waals surface area contributed by atoms with E-state index in [1.54, 1.807) is 18.2 Å². The van der Waals surface area contributed by atoms with Crippen molar-refractivity contribution in [2.45, 2.75) is 82.1 Å². The molecule has 1 unspecified atom stereocenters. The zero-order valence-electron chi connectivity index (χ0n) is 22.2. The number of unbranched alkanes of at least 4 members (excludes halogenated alkanes) is 3. The van der Waals surface area contributed by atoms with Gasteiger partial charge in [-0.15, -0.1) is 0 Å². The molecular formula is C29H44N2O4S. The molecule has 7 heteroatoms. The molecule has 1 aliphatic carbocycles. The third kappa shape index (κ3) is 7.95. The molecule has 0 aliphatic heterocycles. The van der Waals surface area contributed by atoms with E-state index >= 15 is 0 Å². The molecule has 36 heavy (non-hydrogen) atoms. The van der Waals surface area contributed by atoms with E-state index in [4.69, 9.17) is 0 Å². The third-order valence-corrected chi connectivity index (χ3v) is 8.51. The van der Waals surface area contributed by atoms with E-state index in [-0.39, 0.29) is 17.4 Å². The van der Waals surface area contributed by atoms with Crippen LogP contribution in [-0.2, 0) is 22.7 Å². The minimum absolute atomic E-state index is 0.0118. The summed E-state index contributed by atoms with van der Waals surface area (Å²) in [6, 6.07) is 11.3. The van der Waals surface area contributed by atoms with Gasteiger partial charge in [0, 0.05) is 17.9 Å². The molecule has 0 spiro atoms. The van der Waals surface area contributed by atoms with Gasteiger partial charge in [-0.05, 0) is 99.9 Å². The van der Waals surface area contributed by atoms with Gasteiger partial charge in [0.2, 0.25) is 0 Å². The van der Waals surface area contributed by atoms with Gasteiger partial charge in [0.1, 0.15) is 0 Å². The molecule has 0 saturated heterocycles. The van der Waals surface area contributed by atoms with Crippen molar-refractivity contribution in [3.8, 4) is 11.5 Å². The maximum atomic E-state index is 11.5. The molecule has 0 amide bonds. The Labute approximate surface area is 217 Å². The monoisotopic (exact) mass is 516 g/mol. The first kappa shape index (κ1) is 28.5. The number of phenols is 2. The summed E-state index contributed by atoms with van der Waals surface area (Å²) in [5, 5.41) is 23.7. The van der Waals surface area contributed by atoms with Crippen LogP contribution in [0, 0.1) is 0 Å². The second kappa shape index (κ2) is 13.5. The lowest BCUT2D eigenvalue weighted by Crippen LogP contribution is -2.41. The van der Waals surface area contributed by atoms with Crippen LogP contribution < -0.4 is 5.32 Å². The smallest absolute Gasteiger partial charge is 0.175 e. The Morgan fingerprint density at radius 1 is 0.972 bits per heavy atom. The Morgan fingerprint density at radius 3 is 2.39 bits per heavy atom. The van der Waals surface area contributed by atoms with Crippen LogP contribution >= 0.6 is 0 Å². The molecule has 0 radical (unpaired) electrons. The quantitative estimate of drug-likeness (QED) is 0.241. The van der Waals surface area contributed by atoms with E-state index in [2.05, 4.69) is 24.1 Å². The average molecular weight is 517 g/mol. The molecule has 0 fully saturated rings. The zero-order chi connectivity index (χ0) is 26.1. The first-order valence-electron chi connectivity index (χ1n) is 13.5. The van der Waals surface area contributed by atoms with Crippen LogP contribution in [-0.4, -0.2) is 62.0 Å². The Morgan fingerprint density at radius 2 is 1.69 bits per heavy atom. The van der Waals surface area contributed by atoms with Crippen LogP contribution in [0.1, 0.15) is 75.0 Å². The summed E-state index contributed by atoms with van der Waals surface area (Å²) in [5.74, 6) is 0.301. The van der Waals surface area contributed by atoms with Crippen LogP contribution in [0.25, 0.3) is 0 Å². The number of rotatable bonds is 14. The normalized spacial score (nSPS) is 17.9. The minimum Gasteiger partial charge on any atom is -0.504 e. The van der Waals surface area contributed by atoms with E-state index < -0.39 is 9.84 Å². The van der Waals surface area contributed by atoms with Crippen molar-refractivity contribution in [3.05, 3.63) is 53.1 Å². The SMILES string of the molecule is CCCN(CCCCCCNCCc1ccc(S(C)(=O)=O)cc1)[C@@H]1Cc2ccc(O)c(O)c2C(C)C1. The second-order valence-electron chi connectivity index (χ2n) is 10.4. The van der Waals surface area contributed by atoms with E-state index in [1.807, 2.05) is 18.2 Å². The second-order valence-corrected chi connectivity index (χ2v) is 12.4. The first-order chi connectivity index (χ1) is 17.2. The Bertz CT molecular complexity index is 1070. The number of sulfone groups is 1. The van der Waals surface area contributed by atoms with Crippen LogP contribution in [0.15, 0.2) is 41.3 Å². The summed E-state index contributed by atoms with van der Waals surface area (Å²) in [6.45, 7) is 8.52. The third-order valence-electron chi connectivity index (χ3n) is 7.38. The lowest BCUT2D eigenvalue weighted by atomic mass is 9.79. The molecule has 2 aromatic rings. The van der Waals surface area contributed by atoms with E-state index in [9.17, 15) is 18.6 Å². The highest BCUT2D eigenvalue weighted by Crippen LogP contribution is 2.42. The van der Waals surface area contributed by atoms with Crippen molar-refractivity contribution in [1.29, 1.82) is 0 Å². The van der Waals surface area contributed by atoms with Gasteiger partial charge < -0.3 is 20.4 Å². The highest BCUT2D eigenvalue weighted by atomic mass is 32.2. The largest absolute Gasteiger partial charge is 0.504 e. The maximum absolute atomic E-state index is 11.5. The van der Waals surface area contributed by atoms with Gasteiger partial charge in [-0.1, -0.05) is 44.9 Å². The molecule has 0 heterocycles. The lowest BCUT2D eigenvalue weighted by molar-refractivity contribution is 0.167. The molecular weight excluding hydrogens is 472 g/mol. The van der Waals surface area contributed by atoms with E-state index in [0.29, 0.717) is 10.9 Å². The lowest BCUT2D eigenvalue weighted by Gasteiger charge is -2.38. The molecule has 3 N–H and O–H groups in total. The van der Waals surface area contributed by atoms with Crippen molar-refractivity contribution in [2.24, 2.45) is 0 Å². The number of fused-ring (bicyclic) bond motifs is 1. The van der Waals surface area contributed by atoms with Crippen molar-refractivity contribution in [3.63, 3.8) is 0 Å². The average Bonchev–Trinajstić information content (AvgIpc) is 2.84. The topological polar surface area (TPSA) is 89.9 Å². The molecule has 2 aromatic carbocycles. The van der Waals surface area contributed by atoms with Crippen LogP contribution in [0.5, 0.6) is 11.5 Å². The van der Waals surface area contributed by atoms with Crippen LogP contribution in [0.4, 0.5) is 0 Å². The Kier molecular flexibility index (Phi) is 10.6. The Balaban J connectivity index is 1.33. The highest BCUT2D eigenvalue weighted by Gasteiger charge is 2.30. The van der Waals surface area contributed by atoms with Crippen molar-refractivity contribution in [2.75, 3.05) is 32.4 Å². The number of hydrogen-bond acceptors (Lipinski definition) is 6. The van der Waals surface area contributed by atoms with Gasteiger partial charge in [-0.25, -0.2) is 8.42 Å². The van der Waals surface area contributed by atoms with E-state index in [0.717, 1.165) is 69.4 Å². The van der Waals surface area contributed by atoms with E-state index in [1.165, 1.54) is 31.1 Å². The fraction of sp³-hybridized carbons (Fsp3) is 0.586. The number of nitrogens with zero attached hydrogens (tertiary/aromatic N) is 1. The van der Waals surface area contributed by atoms with Crippen molar-refractivity contribution >= 4 is 9.84 Å². The van der Waals surface area contributed by atoms with Crippen molar-refractivity contribution in [1.82, 2.24) is 10.2 Å². The predicted octanol–water partition coefficient (Wildman–Crippen LogP) is 5.02. The fourth-order valence-corrected chi connectivity index (χ4v) is 6.08.